The van der Waals surface area contributed by atoms with Crippen LogP contribution in [0.2, 0.25) is 0 Å². The molecule has 2 aliphatic rings. The summed E-state index contributed by atoms with van der Waals surface area (Å²) in [7, 11) is 0. The van der Waals surface area contributed by atoms with E-state index in [2.05, 4.69) is 10.3 Å². The van der Waals surface area contributed by atoms with E-state index in [0.717, 1.165) is 44.7 Å². The topological polar surface area (TPSA) is 28.2 Å². The van der Waals surface area contributed by atoms with E-state index in [1.54, 1.807) is 0 Å². The molecule has 0 saturated carbocycles. The number of alkyl halides is 3. The Morgan fingerprint density at radius 2 is 2.05 bits per heavy atom. The molecule has 2 aliphatic heterocycles. The molecule has 3 nitrogen and oxygen atoms in total. The second kappa shape index (κ2) is 4.67. The first-order chi connectivity index (χ1) is 9.04. The fraction of sp³-hybridized carbons (Fsp3) is 0.615. The minimum Gasteiger partial charge on any atom is -0.356 e. The lowest BCUT2D eigenvalue weighted by molar-refractivity contribution is -0.137. The lowest BCUT2D eigenvalue weighted by Gasteiger charge is -2.35. The Balaban J connectivity index is 1.79. The third kappa shape index (κ3) is 2.54. The van der Waals surface area contributed by atoms with Gasteiger partial charge in [-0.2, -0.15) is 13.2 Å². The summed E-state index contributed by atoms with van der Waals surface area (Å²) < 4.78 is 38.1. The molecular weight excluding hydrogens is 255 g/mol. The third-order valence-electron chi connectivity index (χ3n) is 4.10. The van der Waals surface area contributed by atoms with E-state index in [1.165, 1.54) is 6.20 Å². The molecule has 0 spiro atoms. The Morgan fingerprint density at radius 1 is 1.26 bits per heavy atom. The minimum atomic E-state index is -4.30. The van der Waals surface area contributed by atoms with Gasteiger partial charge in [0.05, 0.1) is 5.56 Å². The molecule has 2 fully saturated rings. The van der Waals surface area contributed by atoms with Crippen molar-refractivity contribution < 1.29 is 13.2 Å². The number of pyridine rings is 1. The van der Waals surface area contributed by atoms with Crippen LogP contribution in [0.4, 0.5) is 19.0 Å². The van der Waals surface area contributed by atoms with E-state index in [1.807, 2.05) is 4.90 Å². The molecule has 2 saturated heterocycles. The molecule has 1 aromatic rings. The molecule has 0 radical (unpaired) electrons. The molecule has 6 heteroatoms. The first-order valence-electron chi connectivity index (χ1n) is 6.53. The zero-order chi connectivity index (χ0) is 13.5. The van der Waals surface area contributed by atoms with Crippen LogP contribution in [0.3, 0.4) is 0 Å². The Hall–Kier alpha value is -1.30. The number of fused-ring (bicyclic) bond motifs is 1. The summed E-state index contributed by atoms with van der Waals surface area (Å²) in [6.07, 6.45) is -2.03. The van der Waals surface area contributed by atoms with E-state index in [0.29, 0.717) is 17.7 Å². The van der Waals surface area contributed by atoms with E-state index < -0.39 is 11.7 Å². The summed E-state index contributed by atoms with van der Waals surface area (Å²) in [5, 5.41) is 3.34. The predicted molar refractivity (Wildman–Crippen MR) is 65.9 cm³/mol. The van der Waals surface area contributed by atoms with Crippen molar-refractivity contribution in [3.05, 3.63) is 23.9 Å². The summed E-state index contributed by atoms with van der Waals surface area (Å²) >= 11 is 0. The normalized spacial score (nSPS) is 27.4. The average molecular weight is 271 g/mol. The zero-order valence-corrected chi connectivity index (χ0v) is 10.5. The van der Waals surface area contributed by atoms with Gasteiger partial charge in [0.2, 0.25) is 0 Å². The van der Waals surface area contributed by atoms with Crippen LogP contribution in [0.25, 0.3) is 0 Å². The van der Waals surface area contributed by atoms with Gasteiger partial charge in [-0.3, -0.25) is 0 Å². The highest BCUT2D eigenvalue weighted by Gasteiger charge is 2.35. The lowest BCUT2D eigenvalue weighted by atomic mass is 9.89. The largest absolute Gasteiger partial charge is 0.416 e. The van der Waals surface area contributed by atoms with Crippen LogP contribution in [0, 0.1) is 11.8 Å². The van der Waals surface area contributed by atoms with Crippen molar-refractivity contribution in [1.82, 2.24) is 10.3 Å². The molecule has 0 aromatic carbocycles. The number of nitrogens with zero attached hydrogens (tertiary/aromatic N) is 2. The van der Waals surface area contributed by atoms with E-state index in [4.69, 9.17) is 0 Å². The Bertz CT molecular complexity index is 461. The lowest BCUT2D eigenvalue weighted by Crippen LogP contribution is -2.40. The van der Waals surface area contributed by atoms with Crippen molar-refractivity contribution >= 4 is 5.82 Å². The number of aromatic nitrogens is 1. The number of hydrogen-bond acceptors (Lipinski definition) is 3. The molecule has 1 aromatic heterocycles. The number of anilines is 1. The smallest absolute Gasteiger partial charge is 0.356 e. The quantitative estimate of drug-likeness (QED) is 0.848. The fourth-order valence-electron chi connectivity index (χ4n) is 3.01. The Kier molecular flexibility index (Phi) is 3.12. The van der Waals surface area contributed by atoms with Crippen LogP contribution in [0.15, 0.2) is 18.3 Å². The van der Waals surface area contributed by atoms with E-state index in [-0.39, 0.29) is 0 Å². The first kappa shape index (κ1) is 12.7. The second-order valence-electron chi connectivity index (χ2n) is 5.31. The van der Waals surface area contributed by atoms with Crippen molar-refractivity contribution in [2.45, 2.75) is 12.6 Å². The molecule has 104 valence electrons. The number of halogens is 3. The second-order valence-corrected chi connectivity index (χ2v) is 5.31. The van der Waals surface area contributed by atoms with Crippen LogP contribution in [0.5, 0.6) is 0 Å². The summed E-state index contributed by atoms with van der Waals surface area (Å²) in [5.41, 5.74) is -0.621. The van der Waals surface area contributed by atoms with E-state index >= 15 is 0 Å². The standard InChI is InChI=1S/C13H16F3N3/c14-13(15,16)11-1-3-18-12(5-11)19-4-2-9-6-17-7-10(9)8-19/h1,3,5,9-10,17H,2,4,6-8H2. The summed E-state index contributed by atoms with van der Waals surface area (Å²) in [6.45, 7) is 3.58. The van der Waals surface area contributed by atoms with Gasteiger partial charge in [-0.1, -0.05) is 0 Å². The van der Waals surface area contributed by atoms with Gasteiger partial charge in [0, 0.05) is 19.3 Å². The average Bonchev–Trinajstić information content (AvgIpc) is 2.85. The van der Waals surface area contributed by atoms with Gasteiger partial charge in [0.25, 0.3) is 0 Å². The van der Waals surface area contributed by atoms with Gasteiger partial charge in [0.1, 0.15) is 5.82 Å². The van der Waals surface area contributed by atoms with Crippen LogP contribution in [-0.4, -0.2) is 31.2 Å². The van der Waals surface area contributed by atoms with Gasteiger partial charge >= 0.3 is 6.18 Å². The van der Waals surface area contributed by atoms with Gasteiger partial charge in [-0.15, -0.1) is 0 Å². The van der Waals surface area contributed by atoms with Crippen molar-refractivity contribution in [2.24, 2.45) is 11.8 Å². The summed E-state index contributed by atoms with van der Waals surface area (Å²) in [5.74, 6) is 1.65. The van der Waals surface area contributed by atoms with Gasteiger partial charge in [-0.05, 0) is 43.5 Å². The summed E-state index contributed by atoms with van der Waals surface area (Å²) in [4.78, 5) is 6.07. The molecule has 0 amide bonds. The molecule has 0 aliphatic carbocycles. The predicted octanol–water partition coefficient (Wildman–Crippen LogP) is 2.15. The van der Waals surface area contributed by atoms with Crippen LogP contribution in [0.1, 0.15) is 12.0 Å². The Labute approximate surface area is 109 Å². The van der Waals surface area contributed by atoms with Crippen LogP contribution >= 0.6 is 0 Å². The maximum Gasteiger partial charge on any atom is 0.416 e. The van der Waals surface area contributed by atoms with Gasteiger partial charge in [0.15, 0.2) is 0 Å². The van der Waals surface area contributed by atoms with Crippen LogP contribution in [-0.2, 0) is 6.18 Å². The maximum absolute atomic E-state index is 12.7. The molecule has 0 bridgehead atoms. The number of piperidine rings is 1. The van der Waals surface area contributed by atoms with Crippen molar-refractivity contribution in [1.29, 1.82) is 0 Å². The van der Waals surface area contributed by atoms with Crippen molar-refractivity contribution in [2.75, 3.05) is 31.1 Å². The number of nitrogens with one attached hydrogen (secondary N) is 1. The highest BCUT2D eigenvalue weighted by Crippen LogP contribution is 2.33. The Morgan fingerprint density at radius 3 is 2.84 bits per heavy atom. The van der Waals surface area contributed by atoms with Crippen LogP contribution < -0.4 is 10.2 Å². The molecule has 3 heterocycles. The monoisotopic (exact) mass is 271 g/mol. The molecule has 19 heavy (non-hydrogen) atoms. The maximum atomic E-state index is 12.7. The fourth-order valence-corrected chi connectivity index (χ4v) is 3.01. The number of rotatable bonds is 1. The molecular formula is C13H16F3N3. The third-order valence-corrected chi connectivity index (χ3v) is 4.10. The summed E-state index contributed by atoms with van der Waals surface area (Å²) in [6, 6.07) is 2.18. The van der Waals surface area contributed by atoms with Gasteiger partial charge < -0.3 is 10.2 Å². The highest BCUT2D eigenvalue weighted by molar-refractivity contribution is 5.42. The van der Waals surface area contributed by atoms with Gasteiger partial charge in [-0.25, -0.2) is 4.98 Å². The van der Waals surface area contributed by atoms with E-state index in [9.17, 15) is 13.2 Å². The zero-order valence-electron chi connectivity index (χ0n) is 10.5. The molecule has 2 unspecified atom stereocenters. The highest BCUT2D eigenvalue weighted by atomic mass is 19.4. The number of hydrogen-bond donors (Lipinski definition) is 1. The SMILES string of the molecule is FC(F)(F)c1ccnc(N2CCC3CNCC3C2)c1. The molecule has 3 rings (SSSR count). The minimum absolute atomic E-state index is 0.445. The van der Waals surface area contributed by atoms with Crippen molar-refractivity contribution in [3.63, 3.8) is 0 Å². The van der Waals surface area contributed by atoms with Crippen molar-refractivity contribution in [3.8, 4) is 0 Å². The molecule has 1 N–H and O–H groups in total. The molecule has 2 atom stereocenters. The first-order valence-corrected chi connectivity index (χ1v) is 6.53.